The molecule has 2 unspecified atom stereocenters. The van der Waals surface area contributed by atoms with Crippen LogP contribution in [0.3, 0.4) is 0 Å². The van der Waals surface area contributed by atoms with Gasteiger partial charge in [0, 0.05) is 17.4 Å². The fourth-order valence-corrected chi connectivity index (χ4v) is 2.22. The van der Waals surface area contributed by atoms with Crippen LogP contribution in [-0.2, 0) is 9.59 Å². The molecule has 1 fully saturated rings. The molecule has 1 aliphatic rings. The van der Waals surface area contributed by atoms with E-state index < -0.39 is 30.0 Å². The van der Waals surface area contributed by atoms with Crippen molar-refractivity contribution >= 4 is 23.5 Å². The summed E-state index contributed by atoms with van der Waals surface area (Å²) in [5.74, 6) is -2.99. The molecule has 118 valence electrons. The third kappa shape index (κ3) is 3.04. The molecule has 4 amide bonds. The lowest BCUT2D eigenvalue weighted by Crippen LogP contribution is -2.61. The number of imide groups is 1. The lowest BCUT2D eigenvalue weighted by molar-refractivity contribution is -0.138. The Morgan fingerprint density at radius 2 is 1.91 bits per heavy atom. The molecule has 9 nitrogen and oxygen atoms in total. The number of carbonyl (C=O) groups excluding carboxylic acids is 3. The number of benzene rings is 1. The number of aliphatic hydroxyl groups excluding tert-OH is 1. The van der Waals surface area contributed by atoms with Crippen molar-refractivity contribution in [3.8, 4) is 11.1 Å². The fourth-order valence-electron chi connectivity index (χ4n) is 2.22. The Hall–Kier alpha value is -3.20. The molecule has 5 N–H and O–H groups in total. The minimum absolute atomic E-state index is 0.458. The molecular formula is C14H13N5O4. The minimum Gasteiger partial charge on any atom is -0.372 e. The monoisotopic (exact) mass is 315 g/mol. The first-order chi connectivity index (χ1) is 11.0. The molecule has 1 aliphatic heterocycles. The average molecular weight is 315 g/mol. The lowest BCUT2D eigenvalue weighted by atomic mass is 10.0. The number of urea groups is 1. The molecule has 0 aliphatic carbocycles. The van der Waals surface area contributed by atoms with Crippen LogP contribution in [0.1, 0.15) is 0 Å². The van der Waals surface area contributed by atoms with E-state index in [4.69, 9.17) is 0 Å². The van der Waals surface area contributed by atoms with Gasteiger partial charge in [-0.1, -0.05) is 12.1 Å². The fraction of sp³-hybridized carbons (Fsp3) is 0.143. The number of carbonyl (C=O) groups is 3. The summed E-state index contributed by atoms with van der Waals surface area (Å²) in [5, 5.41) is 22.7. The van der Waals surface area contributed by atoms with Crippen molar-refractivity contribution < 1.29 is 19.5 Å². The molecule has 0 radical (unpaired) electrons. The van der Waals surface area contributed by atoms with Gasteiger partial charge in [0.05, 0.1) is 6.20 Å². The second-order valence-corrected chi connectivity index (χ2v) is 4.94. The van der Waals surface area contributed by atoms with Crippen molar-refractivity contribution in [2.45, 2.75) is 6.23 Å². The van der Waals surface area contributed by atoms with Gasteiger partial charge >= 0.3 is 6.03 Å². The Balaban J connectivity index is 1.70. The number of aromatic nitrogens is 2. The zero-order valence-electron chi connectivity index (χ0n) is 11.7. The van der Waals surface area contributed by atoms with E-state index in [0.717, 1.165) is 11.1 Å². The minimum atomic E-state index is -1.57. The van der Waals surface area contributed by atoms with Crippen LogP contribution in [0.25, 0.3) is 11.1 Å². The summed E-state index contributed by atoms with van der Waals surface area (Å²) in [6.45, 7) is 0. The number of hydrogen-bond donors (Lipinski definition) is 5. The van der Waals surface area contributed by atoms with E-state index in [-0.39, 0.29) is 0 Å². The van der Waals surface area contributed by atoms with Crippen LogP contribution in [-0.4, -0.2) is 39.4 Å². The molecule has 1 saturated heterocycles. The summed E-state index contributed by atoms with van der Waals surface area (Å²) < 4.78 is 0. The third-order valence-corrected chi connectivity index (χ3v) is 3.38. The highest BCUT2D eigenvalue weighted by molar-refractivity contribution is 6.12. The molecule has 0 saturated carbocycles. The van der Waals surface area contributed by atoms with Crippen molar-refractivity contribution in [3.05, 3.63) is 36.7 Å². The zero-order chi connectivity index (χ0) is 16.4. The Bertz CT molecular complexity index is 741. The summed E-state index contributed by atoms with van der Waals surface area (Å²) in [7, 11) is 0. The van der Waals surface area contributed by atoms with Gasteiger partial charge in [0.2, 0.25) is 11.8 Å². The maximum absolute atomic E-state index is 12.1. The highest BCUT2D eigenvalue weighted by atomic mass is 16.3. The quantitative estimate of drug-likeness (QED) is 0.499. The largest absolute Gasteiger partial charge is 0.372 e. The number of nitrogens with zero attached hydrogens (tertiary/aromatic N) is 1. The molecule has 2 heterocycles. The summed E-state index contributed by atoms with van der Waals surface area (Å²) in [6, 6.07) is 6.04. The molecule has 2 atom stereocenters. The van der Waals surface area contributed by atoms with Gasteiger partial charge in [0.25, 0.3) is 0 Å². The number of aromatic amines is 1. The SMILES string of the molecule is O=C1NC(=O)C(C(=O)Nc2ccc(-c3cn[nH]c3)cc2)C(O)N1. The molecule has 3 rings (SSSR count). The molecule has 2 aromatic rings. The van der Waals surface area contributed by atoms with Crippen LogP contribution in [0.4, 0.5) is 10.5 Å². The summed E-state index contributed by atoms with van der Waals surface area (Å²) in [5.41, 5.74) is 2.26. The van der Waals surface area contributed by atoms with Gasteiger partial charge in [-0.05, 0) is 17.7 Å². The number of hydrogen-bond acceptors (Lipinski definition) is 5. The number of amides is 4. The lowest BCUT2D eigenvalue weighted by Gasteiger charge is -2.26. The molecule has 1 aromatic heterocycles. The predicted molar refractivity (Wildman–Crippen MR) is 78.8 cm³/mol. The van der Waals surface area contributed by atoms with E-state index in [1.807, 2.05) is 5.32 Å². The molecule has 1 aromatic carbocycles. The zero-order valence-corrected chi connectivity index (χ0v) is 11.7. The van der Waals surface area contributed by atoms with E-state index >= 15 is 0 Å². The van der Waals surface area contributed by atoms with Gasteiger partial charge in [0.1, 0.15) is 6.23 Å². The summed E-state index contributed by atoms with van der Waals surface area (Å²) in [4.78, 5) is 34.8. The number of nitrogens with one attached hydrogen (secondary N) is 4. The van der Waals surface area contributed by atoms with Gasteiger partial charge in [-0.25, -0.2) is 4.79 Å². The first kappa shape index (κ1) is 14.7. The highest BCUT2D eigenvalue weighted by Crippen LogP contribution is 2.20. The molecule has 23 heavy (non-hydrogen) atoms. The number of rotatable bonds is 3. The van der Waals surface area contributed by atoms with Crippen molar-refractivity contribution in [3.63, 3.8) is 0 Å². The standard InChI is InChI=1S/C14H13N5O4/c20-11(10-12(21)18-14(23)19-13(10)22)17-9-3-1-7(2-4-9)8-5-15-16-6-8/h1-6,10,12,21H,(H,15,16)(H,17,20)(H2,18,19,22,23). The van der Waals surface area contributed by atoms with Crippen LogP contribution in [0, 0.1) is 5.92 Å². The summed E-state index contributed by atoms with van der Waals surface area (Å²) >= 11 is 0. The number of H-pyrrole nitrogens is 1. The van der Waals surface area contributed by atoms with E-state index in [1.165, 1.54) is 0 Å². The van der Waals surface area contributed by atoms with Crippen LogP contribution in [0.2, 0.25) is 0 Å². The van der Waals surface area contributed by atoms with E-state index in [9.17, 15) is 19.5 Å². The Labute approximate surface area is 130 Å². The van der Waals surface area contributed by atoms with Crippen molar-refractivity contribution in [1.82, 2.24) is 20.8 Å². The van der Waals surface area contributed by atoms with Crippen LogP contribution >= 0.6 is 0 Å². The van der Waals surface area contributed by atoms with E-state index in [2.05, 4.69) is 20.8 Å². The van der Waals surface area contributed by atoms with Gasteiger partial charge in [0.15, 0.2) is 5.92 Å². The van der Waals surface area contributed by atoms with Gasteiger partial charge in [-0.3, -0.25) is 20.0 Å². The smallest absolute Gasteiger partial charge is 0.323 e. The molecule has 0 bridgehead atoms. The van der Waals surface area contributed by atoms with E-state index in [1.54, 1.807) is 36.7 Å². The maximum Gasteiger partial charge on any atom is 0.323 e. The van der Waals surface area contributed by atoms with Crippen molar-refractivity contribution in [2.75, 3.05) is 5.32 Å². The normalized spacial score (nSPS) is 20.6. The average Bonchev–Trinajstić information content (AvgIpc) is 3.01. The Morgan fingerprint density at radius 3 is 2.52 bits per heavy atom. The number of aliphatic hydroxyl groups is 1. The van der Waals surface area contributed by atoms with Gasteiger partial charge in [-0.15, -0.1) is 0 Å². The molecule has 0 spiro atoms. The topological polar surface area (TPSA) is 136 Å². The predicted octanol–water partition coefficient (Wildman–Crippen LogP) is -0.211. The van der Waals surface area contributed by atoms with Gasteiger partial charge < -0.3 is 15.7 Å². The highest BCUT2D eigenvalue weighted by Gasteiger charge is 2.39. The summed E-state index contributed by atoms with van der Waals surface area (Å²) in [6.07, 6.45) is 1.83. The second-order valence-electron chi connectivity index (χ2n) is 4.94. The Kier molecular flexibility index (Phi) is 3.77. The third-order valence-electron chi connectivity index (χ3n) is 3.38. The molecular weight excluding hydrogens is 302 g/mol. The first-order valence-electron chi connectivity index (χ1n) is 6.74. The molecule has 9 heteroatoms. The first-order valence-corrected chi connectivity index (χ1v) is 6.74. The van der Waals surface area contributed by atoms with Crippen LogP contribution < -0.4 is 16.0 Å². The number of anilines is 1. The van der Waals surface area contributed by atoms with Crippen molar-refractivity contribution in [2.24, 2.45) is 5.92 Å². The maximum atomic E-state index is 12.1. The van der Waals surface area contributed by atoms with Crippen LogP contribution in [0.5, 0.6) is 0 Å². The van der Waals surface area contributed by atoms with Crippen LogP contribution in [0.15, 0.2) is 36.7 Å². The second kappa shape index (κ2) is 5.89. The van der Waals surface area contributed by atoms with Gasteiger partial charge in [-0.2, -0.15) is 5.10 Å². The van der Waals surface area contributed by atoms with Crippen molar-refractivity contribution in [1.29, 1.82) is 0 Å². The van der Waals surface area contributed by atoms with E-state index in [0.29, 0.717) is 5.69 Å². The Morgan fingerprint density at radius 1 is 1.17 bits per heavy atom.